The molecule has 2 heterocycles. The van der Waals surface area contributed by atoms with Gasteiger partial charge in [-0.25, -0.2) is 0 Å². The molecule has 0 saturated carbocycles. The van der Waals surface area contributed by atoms with Gasteiger partial charge in [-0.05, 0) is 111 Å². The average Bonchev–Trinajstić information content (AvgIpc) is 3.97. The fraction of sp³-hybridized carbons (Fsp3) is 0.0182. The summed E-state index contributed by atoms with van der Waals surface area (Å²) in [7, 11) is 0. The van der Waals surface area contributed by atoms with Crippen LogP contribution in [0.3, 0.4) is 0 Å². The highest BCUT2D eigenvalue weighted by molar-refractivity contribution is 7.26. The summed E-state index contributed by atoms with van der Waals surface area (Å²) in [5.74, 6) is 0.164. The molecule has 9 aromatic carbocycles. The predicted octanol–water partition coefficient (Wildman–Crippen LogP) is 15.9. The van der Waals surface area contributed by atoms with Crippen molar-refractivity contribution >= 4 is 70.5 Å². The number of thiophene rings is 1. The first-order valence-electron chi connectivity index (χ1n) is 19.9. The molecule has 1 unspecified atom stereocenters. The molecule has 12 rings (SSSR count). The van der Waals surface area contributed by atoms with Gasteiger partial charge in [0, 0.05) is 43.5 Å². The molecule has 0 radical (unpaired) electrons. The Hall–Kier alpha value is -7.20. The first-order valence-corrected chi connectivity index (χ1v) is 20.7. The molecule has 0 fully saturated rings. The summed E-state index contributed by atoms with van der Waals surface area (Å²) < 4.78 is 8.71. The van der Waals surface area contributed by atoms with Crippen molar-refractivity contribution in [1.82, 2.24) is 0 Å². The van der Waals surface area contributed by atoms with Crippen molar-refractivity contribution in [2.45, 2.75) is 5.92 Å². The van der Waals surface area contributed by atoms with Gasteiger partial charge in [0.2, 0.25) is 0 Å². The van der Waals surface area contributed by atoms with Gasteiger partial charge in [0.15, 0.2) is 0 Å². The maximum atomic E-state index is 6.13. The van der Waals surface area contributed by atoms with Crippen LogP contribution in [0.2, 0.25) is 0 Å². The third-order valence-electron chi connectivity index (χ3n) is 12.0. The van der Waals surface area contributed by atoms with Gasteiger partial charge in [-0.1, -0.05) is 146 Å². The van der Waals surface area contributed by atoms with E-state index in [1.807, 2.05) is 23.5 Å². The number of para-hydroxylation sites is 1. The largest absolute Gasteiger partial charge is 0.456 e. The second-order valence-electron chi connectivity index (χ2n) is 15.2. The van der Waals surface area contributed by atoms with Gasteiger partial charge < -0.3 is 9.32 Å². The molecule has 11 aromatic rings. The summed E-state index contributed by atoms with van der Waals surface area (Å²) in [6, 6.07) is 75.3. The molecule has 0 amide bonds. The molecule has 1 aliphatic carbocycles. The van der Waals surface area contributed by atoms with Crippen LogP contribution in [0, 0.1) is 0 Å². The Balaban J connectivity index is 0.984. The van der Waals surface area contributed by atoms with Gasteiger partial charge in [0.05, 0.1) is 10.4 Å². The highest BCUT2D eigenvalue weighted by Gasteiger charge is 2.31. The first kappa shape index (κ1) is 33.0. The summed E-state index contributed by atoms with van der Waals surface area (Å²) in [6.07, 6.45) is 0. The smallest absolute Gasteiger partial charge is 0.135 e. The van der Waals surface area contributed by atoms with E-state index in [1.54, 1.807) is 0 Å². The van der Waals surface area contributed by atoms with Crippen molar-refractivity contribution in [3.63, 3.8) is 0 Å². The summed E-state index contributed by atoms with van der Waals surface area (Å²) in [6.45, 7) is 0. The highest BCUT2D eigenvalue weighted by Crippen LogP contribution is 2.51. The van der Waals surface area contributed by atoms with Gasteiger partial charge in [0.1, 0.15) is 11.2 Å². The van der Waals surface area contributed by atoms with E-state index in [2.05, 4.69) is 199 Å². The normalized spacial score (nSPS) is 13.3. The molecule has 0 bridgehead atoms. The van der Waals surface area contributed by atoms with Crippen molar-refractivity contribution in [1.29, 1.82) is 0 Å². The molecule has 0 N–H and O–H groups in total. The van der Waals surface area contributed by atoms with Gasteiger partial charge in [-0.15, -0.1) is 11.3 Å². The zero-order valence-electron chi connectivity index (χ0n) is 31.5. The number of benzene rings is 9. The summed E-state index contributed by atoms with van der Waals surface area (Å²) in [5.41, 5.74) is 16.6. The average molecular weight is 758 g/mol. The monoisotopic (exact) mass is 757 g/mol. The van der Waals surface area contributed by atoms with E-state index in [9.17, 15) is 0 Å². The molecule has 1 atom stereocenters. The Morgan fingerprint density at radius 2 is 1.05 bits per heavy atom. The molecule has 272 valence electrons. The summed E-state index contributed by atoms with van der Waals surface area (Å²) in [4.78, 5) is 2.47. The van der Waals surface area contributed by atoms with Crippen molar-refractivity contribution < 1.29 is 4.42 Å². The fourth-order valence-electron chi connectivity index (χ4n) is 9.26. The Labute approximate surface area is 340 Å². The van der Waals surface area contributed by atoms with Crippen molar-refractivity contribution in [3.8, 4) is 33.4 Å². The van der Waals surface area contributed by atoms with Crippen LogP contribution in [0.25, 0.3) is 75.5 Å². The summed E-state index contributed by atoms with van der Waals surface area (Å²) in [5, 5.41) is 4.87. The number of anilines is 3. The van der Waals surface area contributed by atoms with Crippen molar-refractivity contribution in [2.75, 3.05) is 4.90 Å². The van der Waals surface area contributed by atoms with Crippen LogP contribution in [0.5, 0.6) is 0 Å². The topological polar surface area (TPSA) is 16.4 Å². The second-order valence-corrected chi connectivity index (χ2v) is 16.3. The zero-order valence-corrected chi connectivity index (χ0v) is 32.3. The Morgan fingerprint density at radius 3 is 1.95 bits per heavy atom. The number of hydrogen-bond acceptors (Lipinski definition) is 3. The molecular weight excluding hydrogens is 723 g/mol. The lowest BCUT2D eigenvalue weighted by atomic mass is 9.89. The van der Waals surface area contributed by atoms with Gasteiger partial charge in [0.25, 0.3) is 0 Å². The minimum atomic E-state index is 0.164. The highest BCUT2D eigenvalue weighted by atomic mass is 32.1. The third-order valence-corrected chi connectivity index (χ3v) is 13.2. The molecule has 2 aromatic heterocycles. The molecule has 0 aliphatic heterocycles. The van der Waals surface area contributed by atoms with Crippen LogP contribution < -0.4 is 4.90 Å². The molecule has 1 aliphatic rings. The van der Waals surface area contributed by atoms with E-state index < -0.39 is 0 Å². The Bertz CT molecular complexity index is 3360. The minimum Gasteiger partial charge on any atom is -0.456 e. The lowest BCUT2D eigenvalue weighted by Gasteiger charge is -2.27. The summed E-state index contributed by atoms with van der Waals surface area (Å²) >= 11 is 1.87. The molecule has 2 nitrogen and oxygen atoms in total. The zero-order chi connectivity index (χ0) is 38.2. The van der Waals surface area contributed by atoms with Crippen LogP contribution in [0.4, 0.5) is 17.1 Å². The maximum Gasteiger partial charge on any atom is 0.135 e. The van der Waals surface area contributed by atoms with E-state index in [0.717, 1.165) is 33.3 Å². The van der Waals surface area contributed by atoms with Crippen LogP contribution in [0.15, 0.2) is 211 Å². The predicted molar refractivity (Wildman–Crippen MR) is 245 cm³/mol. The van der Waals surface area contributed by atoms with E-state index in [1.165, 1.54) is 75.9 Å². The van der Waals surface area contributed by atoms with Gasteiger partial charge >= 0.3 is 0 Å². The van der Waals surface area contributed by atoms with Crippen molar-refractivity contribution in [3.05, 3.63) is 223 Å². The molecule has 58 heavy (non-hydrogen) atoms. The quantitative estimate of drug-likeness (QED) is 0.168. The SMILES string of the molecule is c1ccc(C2c3ccccc3-c3ccc(N(c4ccc(-c5cccc(-c6ccc7oc8ccccc8c7c6)c5)cc4)c4cccc5c4sc4ccccc45)cc32)cc1. The maximum absolute atomic E-state index is 6.13. The van der Waals surface area contributed by atoms with Crippen molar-refractivity contribution in [2.24, 2.45) is 0 Å². The first-order chi connectivity index (χ1) is 28.7. The molecule has 3 heteroatoms. The Morgan fingerprint density at radius 1 is 0.397 bits per heavy atom. The number of rotatable bonds is 6. The van der Waals surface area contributed by atoms with Crippen LogP contribution >= 0.6 is 11.3 Å². The third kappa shape index (κ3) is 5.25. The number of fused-ring (bicyclic) bond motifs is 9. The number of furan rings is 1. The number of nitrogens with zero attached hydrogens (tertiary/aromatic N) is 1. The van der Waals surface area contributed by atoms with Crippen LogP contribution in [0.1, 0.15) is 22.6 Å². The molecule has 0 saturated heterocycles. The standard InChI is InChI=1S/C55H35NOS/c1-2-12-36(13-3-1)54-46-19-5-4-16-42(46)43-30-29-41(34-49(43)54)56(50-21-11-20-47-45-18-7-9-23-53(45)58-55(47)50)40-27-24-35(25-28-40)37-14-10-15-38(32-37)39-26-31-52-48(33-39)44-17-6-8-22-51(44)57-52/h1-34,54H. The second kappa shape index (κ2) is 13.2. The Kier molecular flexibility index (Phi) is 7.51. The van der Waals surface area contributed by atoms with Gasteiger partial charge in [-0.3, -0.25) is 0 Å². The van der Waals surface area contributed by atoms with Crippen LogP contribution in [-0.4, -0.2) is 0 Å². The van der Waals surface area contributed by atoms with E-state index >= 15 is 0 Å². The van der Waals surface area contributed by atoms with E-state index in [4.69, 9.17) is 4.42 Å². The lowest BCUT2D eigenvalue weighted by Crippen LogP contribution is -2.11. The molecular formula is C55H35NOS. The van der Waals surface area contributed by atoms with E-state index in [-0.39, 0.29) is 5.92 Å². The number of hydrogen-bond donors (Lipinski definition) is 0. The van der Waals surface area contributed by atoms with E-state index in [0.29, 0.717) is 0 Å². The fourth-order valence-corrected chi connectivity index (χ4v) is 10.5. The van der Waals surface area contributed by atoms with Crippen LogP contribution in [-0.2, 0) is 0 Å². The minimum absolute atomic E-state index is 0.164. The lowest BCUT2D eigenvalue weighted by molar-refractivity contribution is 0.669. The molecule has 0 spiro atoms. The van der Waals surface area contributed by atoms with Gasteiger partial charge in [-0.2, -0.15) is 0 Å².